The number of rotatable bonds is 4. The van der Waals surface area contributed by atoms with Crippen molar-refractivity contribution in [3.63, 3.8) is 0 Å². The van der Waals surface area contributed by atoms with Crippen molar-refractivity contribution in [3.8, 4) is 0 Å². The molecule has 2 saturated heterocycles. The summed E-state index contributed by atoms with van der Waals surface area (Å²) in [5.41, 5.74) is -0.932. The van der Waals surface area contributed by atoms with E-state index in [2.05, 4.69) is 4.90 Å². The van der Waals surface area contributed by atoms with Crippen molar-refractivity contribution in [2.24, 2.45) is 5.92 Å². The molecule has 0 bridgehead atoms. The van der Waals surface area contributed by atoms with Crippen molar-refractivity contribution < 1.29 is 21.6 Å². The van der Waals surface area contributed by atoms with E-state index in [-0.39, 0.29) is 4.90 Å². The highest BCUT2D eigenvalue weighted by atomic mass is 32.2. The quantitative estimate of drug-likeness (QED) is 0.789. The van der Waals surface area contributed by atoms with Gasteiger partial charge in [0.25, 0.3) is 0 Å². The van der Waals surface area contributed by atoms with Crippen LogP contribution in [0, 0.1) is 5.92 Å². The van der Waals surface area contributed by atoms with Gasteiger partial charge in [-0.15, -0.1) is 0 Å². The van der Waals surface area contributed by atoms with Gasteiger partial charge in [-0.3, -0.25) is 0 Å². The smallest absolute Gasteiger partial charge is 0.303 e. The molecule has 2 heterocycles. The number of sulfonamides is 1. The van der Waals surface area contributed by atoms with Crippen LogP contribution in [0.25, 0.3) is 0 Å². The molecule has 0 unspecified atom stereocenters. The standard InChI is InChI=1S/C18H25F3N2O2S/c19-18(20,21)16-5-4-6-17(13-16)26(24,25)23-11-7-15(8-12-23)14-22-9-2-1-3-10-22/h4-6,13,15H,1-3,7-12,14H2. The first-order chi connectivity index (χ1) is 12.3. The second-order valence-electron chi connectivity index (χ2n) is 7.23. The average molecular weight is 390 g/mol. The third kappa shape index (κ3) is 4.58. The predicted octanol–water partition coefficient (Wildman–Crippen LogP) is 3.59. The number of hydrogen-bond donors (Lipinski definition) is 0. The van der Waals surface area contributed by atoms with Crippen molar-refractivity contribution in [3.05, 3.63) is 29.8 Å². The van der Waals surface area contributed by atoms with Gasteiger partial charge in [-0.25, -0.2) is 8.42 Å². The van der Waals surface area contributed by atoms with Gasteiger partial charge in [0.1, 0.15) is 0 Å². The van der Waals surface area contributed by atoms with Gasteiger partial charge in [0.05, 0.1) is 10.5 Å². The number of benzene rings is 1. The fourth-order valence-electron chi connectivity index (χ4n) is 3.82. The Labute approximate surface area is 153 Å². The molecule has 8 heteroatoms. The Balaban J connectivity index is 1.63. The van der Waals surface area contributed by atoms with Crippen LogP contribution < -0.4 is 0 Å². The van der Waals surface area contributed by atoms with Crippen LogP contribution in [-0.4, -0.2) is 50.3 Å². The topological polar surface area (TPSA) is 40.6 Å². The summed E-state index contributed by atoms with van der Waals surface area (Å²) in [6, 6.07) is 4.02. The van der Waals surface area contributed by atoms with Crippen LogP contribution in [0.3, 0.4) is 0 Å². The molecule has 0 spiro atoms. The minimum absolute atomic E-state index is 0.276. The Morgan fingerprint density at radius 3 is 2.27 bits per heavy atom. The fraction of sp³-hybridized carbons (Fsp3) is 0.667. The van der Waals surface area contributed by atoms with Gasteiger partial charge in [-0.2, -0.15) is 17.5 Å². The number of alkyl halides is 3. The second kappa shape index (κ2) is 7.86. The molecule has 0 amide bonds. The summed E-state index contributed by atoms with van der Waals surface area (Å²) in [7, 11) is -3.88. The van der Waals surface area contributed by atoms with Gasteiger partial charge in [0.15, 0.2) is 0 Å². The molecule has 2 fully saturated rings. The summed E-state index contributed by atoms with van der Waals surface area (Å²) in [4.78, 5) is 2.17. The zero-order chi connectivity index (χ0) is 18.8. The zero-order valence-corrected chi connectivity index (χ0v) is 15.5. The van der Waals surface area contributed by atoms with E-state index in [1.807, 2.05) is 0 Å². The number of nitrogens with zero attached hydrogens (tertiary/aromatic N) is 2. The Kier molecular flexibility index (Phi) is 5.94. The van der Waals surface area contributed by atoms with E-state index >= 15 is 0 Å². The van der Waals surface area contributed by atoms with Crippen LogP contribution in [-0.2, 0) is 16.2 Å². The van der Waals surface area contributed by atoms with Gasteiger partial charge in [-0.05, 0) is 62.9 Å². The normalized spacial score (nSPS) is 21.8. The maximum atomic E-state index is 12.9. The number of hydrogen-bond acceptors (Lipinski definition) is 3. The van der Waals surface area contributed by atoms with Crippen molar-refractivity contribution in [1.29, 1.82) is 0 Å². The molecule has 146 valence electrons. The average Bonchev–Trinajstić information content (AvgIpc) is 2.62. The molecular weight excluding hydrogens is 365 g/mol. The molecule has 1 aromatic carbocycles. The lowest BCUT2D eigenvalue weighted by Crippen LogP contribution is -2.42. The molecular formula is C18H25F3N2O2S. The highest BCUT2D eigenvalue weighted by Gasteiger charge is 2.34. The Bertz CT molecular complexity index is 707. The van der Waals surface area contributed by atoms with Crippen LogP contribution in [0.5, 0.6) is 0 Å². The van der Waals surface area contributed by atoms with Crippen LogP contribution in [0.1, 0.15) is 37.7 Å². The molecule has 0 aromatic heterocycles. The Morgan fingerprint density at radius 2 is 1.65 bits per heavy atom. The first-order valence-corrected chi connectivity index (χ1v) is 10.6. The molecule has 0 saturated carbocycles. The van der Waals surface area contributed by atoms with E-state index in [1.54, 1.807) is 0 Å². The van der Waals surface area contributed by atoms with E-state index in [9.17, 15) is 21.6 Å². The predicted molar refractivity (Wildman–Crippen MR) is 93.2 cm³/mol. The first kappa shape index (κ1) is 19.6. The summed E-state index contributed by atoms with van der Waals surface area (Å²) in [6.45, 7) is 3.97. The van der Waals surface area contributed by atoms with E-state index in [4.69, 9.17) is 0 Å². The lowest BCUT2D eigenvalue weighted by Gasteiger charge is -2.35. The Hall–Kier alpha value is -1.12. The lowest BCUT2D eigenvalue weighted by molar-refractivity contribution is -0.137. The number of halogens is 3. The molecule has 0 atom stereocenters. The maximum Gasteiger partial charge on any atom is 0.416 e. The van der Waals surface area contributed by atoms with Crippen molar-refractivity contribution in [2.75, 3.05) is 32.7 Å². The van der Waals surface area contributed by atoms with Crippen molar-refractivity contribution >= 4 is 10.0 Å². The molecule has 4 nitrogen and oxygen atoms in total. The minimum Gasteiger partial charge on any atom is -0.303 e. The summed E-state index contributed by atoms with van der Waals surface area (Å²) in [5, 5.41) is 0. The van der Waals surface area contributed by atoms with Crippen LogP contribution in [0.2, 0.25) is 0 Å². The van der Waals surface area contributed by atoms with Crippen LogP contribution in [0.4, 0.5) is 13.2 Å². The molecule has 2 aliphatic rings. The third-order valence-electron chi connectivity index (χ3n) is 5.34. The molecule has 26 heavy (non-hydrogen) atoms. The molecule has 3 rings (SSSR count). The van der Waals surface area contributed by atoms with E-state index < -0.39 is 21.8 Å². The van der Waals surface area contributed by atoms with Crippen LogP contribution in [0.15, 0.2) is 29.2 Å². The van der Waals surface area contributed by atoms with Gasteiger partial charge in [0, 0.05) is 19.6 Å². The summed E-state index contributed by atoms with van der Waals surface area (Å²) in [6.07, 6.45) is 0.700. The first-order valence-electron chi connectivity index (χ1n) is 9.16. The van der Waals surface area contributed by atoms with Gasteiger partial charge >= 0.3 is 6.18 Å². The summed E-state index contributed by atoms with van der Waals surface area (Å²) < 4.78 is 65.3. The third-order valence-corrected chi connectivity index (χ3v) is 7.23. The van der Waals surface area contributed by atoms with Crippen molar-refractivity contribution in [1.82, 2.24) is 9.21 Å². The minimum atomic E-state index is -4.55. The fourth-order valence-corrected chi connectivity index (χ4v) is 5.34. The number of likely N-dealkylation sites (tertiary alicyclic amines) is 1. The second-order valence-corrected chi connectivity index (χ2v) is 9.17. The highest BCUT2D eigenvalue weighted by molar-refractivity contribution is 7.89. The molecule has 2 aliphatic heterocycles. The molecule has 0 N–H and O–H groups in total. The van der Waals surface area contributed by atoms with E-state index in [0.29, 0.717) is 19.0 Å². The van der Waals surface area contributed by atoms with E-state index in [1.165, 1.54) is 29.6 Å². The summed E-state index contributed by atoms with van der Waals surface area (Å²) >= 11 is 0. The maximum absolute atomic E-state index is 12.9. The molecule has 1 aromatic rings. The Morgan fingerprint density at radius 1 is 1.00 bits per heavy atom. The molecule has 0 aliphatic carbocycles. The summed E-state index contributed by atoms with van der Waals surface area (Å²) in [5.74, 6) is 0.459. The van der Waals surface area contributed by atoms with Crippen molar-refractivity contribution in [2.45, 2.75) is 43.2 Å². The van der Waals surface area contributed by atoms with Gasteiger partial charge < -0.3 is 4.90 Å². The monoisotopic (exact) mass is 390 g/mol. The zero-order valence-electron chi connectivity index (χ0n) is 14.7. The molecule has 0 radical (unpaired) electrons. The van der Waals surface area contributed by atoms with E-state index in [0.717, 1.165) is 50.7 Å². The van der Waals surface area contributed by atoms with Gasteiger partial charge in [-0.1, -0.05) is 12.5 Å². The van der Waals surface area contributed by atoms with Gasteiger partial charge in [0.2, 0.25) is 10.0 Å². The van der Waals surface area contributed by atoms with Crippen LogP contribution >= 0.6 is 0 Å². The number of piperidine rings is 2. The lowest BCUT2D eigenvalue weighted by atomic mass is 9.96. The largest absolute Gasteiger partial charge is 0.416 e. The highest BCUT2D eigenvalue weighted by Crippen LogP contribution is 2.32. The SMILES string of the molecule is O=S(=O)(c1cccc(C(F)(F)F)c1)N1CCC(CN2CCCCC2)CC1.